The first kappa shape index (κ1) is 15.2. The molecule has 0 spiro atoms. The van der Waals surface area contributed by atoms with E-state index in [0.717, 1.165) is 21.5 Å². The minimum atomic E-state index is 0.144. The minimum absolute atomic E-state index is 0.144. The first-order valence-corrected chi connectivity index (χ1v) is 7.72. The molecule has 0 saturated heterocycles. The molecule has 0 aliphatic carbocycles. The van der Waals surface area contributed by atoms with Crippen molar-refractivity contribution in [3.63, 3.8) is 0 Å². The molecule has 0 fully saturated rings. The van der Waals surface area contributed by atoms with Crippen LogP contribution in [0.25, 0.3) is 0 Å². The van der Waals surface area contributed by atoms with E-state index in [0.29, 0.717) is 11.6 Å². The maximum absolute atomic E-state index is 6.01. The largest absolute Gasteiger partial charge is 0.494 e. The molecule has 1 unspecified atom stereocenters. The smallest absolute Gasteiger partial charge is 0.124 e. The van der Waals surface area contributed by atoms with Crippen molar-refractivity contribution >= 4 is 33.2 Å². The van der Waals surface area contributed by atoms with Crippen LogP contribution in [0.4, 0.5) is 5.69 Å². The summed E-state index contributed by atoms with van der Waals surface area (Å²) in [7, 11) is 0. The predicted molar refractivity (Wildman–Crippen MR) is 88.8 cm³/mol. The van der Waals surface area contributed by atoms with Gasteiger partial charge in [0.2, 0.25) is 0 Å². The van der Waals surface area contributed by atoms with E-state index in [2.05, 4.69) is 34.2 Å². The molecule has 106 valence electrons. The van der Waals surface area contributed by atoms with Gasteiger partial charge in [-0.1, -0.05) is 29.8 Å². The normalized spacial score (nSPS) is 12.0. The van der Waals surface area contributed by atoms with E-state index in [4.69, 9.17) is 16.3 Å². The van der Waals surface area contributed by atoms with Crippen molar-refractivity contribution in [2.45, 2.75) is 19.9 Å². The lowest BCUT2D eigenvalue weighted by molar-refractivity contribution is 0.335. The Hall–Kier alpha value is -1.19. The van der Waals surface area contributed by atoms with E-state index >= 15 is 0 Å². The van der Waals surface area contributed by atoms with Gasteiger partial charge >= 0.3 is 0 Å². The van der Waals surface area contributed by atoms with Crippen molar-refractivity contribution in [3.8, 4) is 5.75 Å². The van der Waals surface area contributed by atoms with Crippen LogP contribution in [0.5, 0.6) is 5.75 Å². The van der Waals surface area contributed by atoms with E-state index in [1.807, 2.05) is 43.3 Å². The quantitative estimate of drug-likeness (QED) is 0.746. The Kier molecular flexibility index (Phi) is 5.32. The molecule has 2 rings (SSSR count). The Balaban J connectivity index is 2.19. The van der Waals surface area contributed by atoms with Gasteiger partial charge in [-0.2, -0.15) is 0 Å². The van der Waals surface area contributed by atoms with E-state index in [9.17, 15) is 0 Å². The number of hydrogen-bond acceptors (Lipinski definition) is 2. The van der Waals surface area contributed by atoms with Gasteiger partial charge in [-0.25, -0.2) is 0 Å². The van der Waals surface area contributed by atoms with E-state index in [1.165, 1.54) is 0 Å². The van der Waals surface area contributed by atoms with Gasteiger partial charge < -0.3 is 10.1 Å². The molecule has 2 aromatic carbocycles. The van der Waals surface area contributed by atoms with Gasteiger partial charge in [-0.15, -0.1) is 0 Å². The molecular formula is C16H17BrClNO. The lowest BCUT2D eigenvalue weighted by Gasteiger charge is -2.19. The summed E-state index contributed by atoms with van der Waals surface area (Å²) in [5.74, 6) is 0.919. The van der Waals surface area contributed by atoms with Gasteiger partial charge in [0.05, 0.1) is 17.7 Å². The number of anilines is 1. The molecule has 0 heterocycles. The maximum atomic E-state index is 6.01. The van der Waals surface area contributed by atoms with Gasteiger partial charge in [0.25, 0.3) is 0 Å². The molecular weight excluding hydrogens is 338 g/mol. The number of ether oxygens (including phenoxy) is 1. The predicted octanol–water partition coefficient (Wildman–Crippen LogP) is 5.67. The topological polar surface area (TPSA) is 21.3 Å². The third-order valence-corrected chi connectivity index (χ3v) is 4.20. The fourth-order valence-corrected chi connectivity index (χ4v) is 2.54. The summed E-state index contributed by atoms with van der Waals surface area (Å²) in [5.41, 5.74) is 2.15. The fourth-order valence-electron chi connectivity index (χ4n) is 2.04. The van der Waals surface area contributed by atoms with Crippen LogP contribution in [-0.2, 0) is 0 Å². The monoisotopic (exact) mass is 353 g/mol. The maximum Gasteiger partial charge on any atom is 0.124 e. The number of rotatable bonds is 5. The second-order valence-corrected chi connectivity index (χ2v) is 5.73. The number of hydrogen-bond donors (Lipinski definition) is 1. The molecule has 2 aromatic rings. The van der Waals surface area contributed by atoms with Crippen molar-refractivity contribution in [3.05, 3.63) is 57.5 Å². The van der Waals surface area contributed by atoms with Crippen LogP contribution in [0, 0.1) is 0 Å². The summed E-state index contributed by atoms with van der Waals surface area (Å²) in [6, 6.07) is 14.0. The van der Waals surface area contributed by atoms with Crippen LogP contribution in [0.3, 0.4) is 0 Å². The van der Waals surface area contributed by atoms with Crippen LogP contribution in [0.2, 0.25) is 5.02 Å². The summed E-state index contributed by atoms with van der Waals surface area (Å²) in [4.78, 5) is 0. The molecule has 0 aromatic heterocycles. The van der Waals surface area contributed by atoms with E-state index in [-0.39, 0.29) is 6.04 Å². The van der Waals surface area contributed by atoms with Gasteiger partial charge in [0.1, 0.15) is 5.75 Å². The molecule has 0 amide bonds. The number of halogens is 2. The highest BCUT2D eigenvalue weighted by atomic mass is 79.9. The summed E-state index contributed by atoms with van der Waals surface area (Å²) in [6.45, 7) is 4.77. The SMILES string of the molecule is CCOc1ccccc1C(C)Nc1ccc(Cl)c(Br)c1. The number of para-hydroxylation sites is 1. The molecule has 20 heavy (non-hydrogen) atoms. The Bertz CT molecular complexity index is 588. The van der Waals surface area contributed by atoms with Gasteiger partial charge in [0.15, 0.2) is 0 Å². The Morgan fingerprint density at radius 1 is 1.25 bits per heavy atom. The summed E-state index contributed by atoms with van der Waals surface area (Å²) in [5, 5.41) is 4.16. The summed E-state index contributed by atoms with van der Waals surface area (Å²) >= 11 is 9.44. The first-order chi connectivity index (χ1) is 9.61. The van der Waals surface area contributed by atoms with Crippen LogP contribution in [0.15, 0.2) is 46.9 Å². The molecule has 1 N–H and O–H groups in total. The zero-order valence-corrected chi connectivity index (χ0v) is 13.8. The fraction of sp³-hybridized carbons (Fsp3) is 0.250. The van der Waals surface area contributed by atoms with Crippen molar-refractivity contribution in [1.82, 2.24) is 0 Å². The highest BCUT2D eigenvalue weighted by Crippen LogP contribution is 2.30. The molecule has 0 bridgehead atoms. The highest BCUT2D eigenvalue weighted by Gasteiger charge is 2.11. The van der Waals surface area contributed by atoms with Crippen molar-refractivity contribution < 1.29 is 4.74 Å². The minimum Gasteiger partial charge on any atom is -0.494 e. The van der Waals surface area contributed by atoms with Crippen LogP contribution in [0.1, 0.15) is 25.5 Å². The van der Waals surface area contributed by atoms with Crippen LogP contribution >= 0.6 is 27.5 Å². The molecule has 0 aliphatic heterocycles. The molecule has 0 saturated carbocycles. The average Bonchev–Trinajstić information content (AvgIpc) is 2.44. The Labute approximate surface area is 133 Å². The second kappa shape index (κ2) is 7.00. The first-order valence-electron chi connectivity index (χ1n) is 6.55. The second-order valence-electron chi connectivity index (χ2n) is 4.47. The van der Waals surface area contributed by atoms with Crippen molar-refractivity contribution in [1.29, 1.82) is 0 Å². The van der Waals surface area contributed by atoms with Crippen LogP contribution in [-0.4, -0.2) is 6.61 Å². The van der Waals surface area contributed by atoms with Crippen molar-refractivity contribution in [2.24, 2.45) is 0 Å². The number of benzene rings is 2. The zero-order chi connectivity index (χ0) is 14.5. The standard InChI is InChI=1S/C16H17BrClNO/c1-3-20-16-7-5-4-6-13(16)11(2)19-12-8-9-15(18)14(17)10-12/h4-11,19H,3H2,1-2H3. The molecule has 0 radical (unpaired) electrons. The van der Waals surface area contributed by atoms with Crippen LogP contribution < -0.4 is 10.1 Å². The number of nitrogens with one attached hydrogen (secondary N) is 1. The van der Waals surface area contributed by atoms with Gasteiger partial charge in [0, 0.05) is 15.7 Å². The summed E-state index contributed by atoms with van der Waals surface area (Å²) < 4.78 is 6.55. The van der Waals surface area contributed by atoms with E-state index in [1.54, 1.807) is 0 Å². The van der Waals surface area contributed by atoms with E-state index < -0.39 is 0 Å². The molecule has 2 nitrogen and oxygen atoms in total. The Morgan fingerprint density at radius 2 is 2.00 bits per heavy atom. The molecule has 0 aliphatic rings. The third kappa shape index (κ3) is 3.68. The Morgan fingerprint density at radius 3 is 2.70 bits per heavy atom. The summed E-state index contributed by atoms with van der Waals surface area (Å²) in [6.07, 6.45) is 0. The highest BCUT2D eigenvalue weighted by molar-refractivity contribution is 9.10. The zero-order valence-electron chi connectivity index (χ0n) is 11.5. The molecule has 1 atom stereocenters. The van der Waals surface area contributed by atoms with Gasteiger partial charge in [-0.05, 0) is 54.0 Å². The lowest BCUT2D eigenvalue weighted by Crippen LogP contribution is -2.08. The van der Waals surface area contributed by atoms with Crippen molar-refractivity contribution in [2.75, 3.05) is 11.9 Å². The third-order valence-electron chi connectivity index (χ3n) is 2.99. The lowest BCUT2D eigenvalue weighted by atomic mass is 10.1. The molecule has 4 heteroatoms. The van der Waals surface area contributed by atoms with Gasteiger partial charge in [-0.3, -0.25) is 0 Å². The average molecular weight is 355 g/mol.